The molecule has 2 heterocycles. The largest absolute Gasteiger partial charge is 0.497 e. The van der Waals surface area contributed by atoms with Crippen LogP contribution in [0, 0.1) is 5.92 Å². The second-order valence-electron chi connectivity index (χ2n) is 7.01. The number of thioether (sulfide) groups is 1. The minimum Gasteiger partial charge on any atom is -0.497 e. The molecule has 0 bridgehead atoms. The second-order valence-corrected chi connectivity index (χ2v) is 8.16. The maximum atomic E-state index is 12.6. The average molecular weight is 407 g/mol. The van der Waals surface area contributed by atoms with E-state index in [1.165, 1.54) is 4.57 Å². The van der Waals surface area contributed by atoms with Crippen LogP contribution in [-0.2, 0) is 20.7 Å². The standard InChI is InChI=1S/C20H26N2O5S/c1-21(2)8-6-14-11-22(18-5-4-16(25-3)10-17(14)18)20(24)27-13-26-19(23)15-7-9-28-12-15/h4-5,10-11,15H,6-9,12-13H2,1-3H3/t15-/m0/s1. The van der Waals surface area contributed by atoms with Crippen LogP contribution in [0.15, 0.2) is 24.4 Å². The van der Waals surface area contributed by atoms with Gasteiger partial charge in [-0.15, -0.1) is 0 Å². The number of aromatic nitrogens is 1. The number of hydrogen-bond donors (Lipinski definition) is 0. The van der Waals surface area contributed by atoms with Crippen LogP contribution in [0.5, 0.6) is 5.75 Å². The van der Waals surface area contributed by atoms with Gasteiger partial charge in [0.25, 0.3) is 0 Å². The topological polar surface area (TPSA) is 70.0 Å². The number of hydrogen-bond acceptors (Lipinski definition) is 7. The van der Waals surface area contributed by atoms with Gasteiger partial charge >= 0.3 is 12.1 Å². The highest BCUT2D eigenvalue weighted by atomic mass is 32.2. The quantitative estimate of drug-likeness (QED) is 0.517. The van der Waals surface area contributed by atoms with E-state index in [-0.39, 0.29) is 18.7 Å². The predicted molar refractivity (Wildman–Crippen MR) is 109 cm³/mol. The van der Waals surface area contributed by atoms with E-state index in [0.29, 0.717) is 0 Å². The minimum atomic E-state index is -0.570. The van der Waals surface area contributed by atoms with Crippen molar-refractivity contribution in [3.63, 3.8) is 0 Å². The van der Waals surface area contributed by atoms with Gasteiger partial charge in [-0.25, -0.2) is 4.79 Å². The molecule has 0 spiro atoms. The van der Waals surface area contributed by atoms with Crippen molar-refractivity contribution < 1.29 is 23.8 Å². The van der Waals surface area contributed by atoms with Crippen molar-refractivity contribution in [2.24, 2.45) is 5.92 Å². The molecule has 0 unspecified atom stereocenters. The Balaban J connectivity index is 1.71. The zero-order valence-corrected chi connectivity index (χ0v) is 17.3. The highest BCUT2D eigenvalue weighted by molar-refractivity contribution is 7.99. The van der Waals surface area contributed by atoms with Gasteiger partial charge in [0.15, 0.2) is 0 Å². The molecule has 0 N–H and O–H groups in total. The van der Waals surface area contributed by atoms with Gasteiger partial charge in [-0.1, -0.05) is 0 Å². The molecule has 1 atom stereocenters. The van der Waals surface area contributed by atoms with Crippen LogP contribution >= 0.6 is 11.8 Å². The Bertz CT molecular complexity index is 842. The van der Waals surface area contributed by atoms with Crippen LogP contribution in [0.1, 0.15) is 12.0 Å². The van der Waals surface area contributed by atoms with Gasteiger partial charge in [0.05, 0.1) is 18.5 Å². The molecule has 28 heavy (non-hydrogen) atoms. The summed E-state index contributed by atoms with van der Waals surface area (Å²) in [7, 11) is 5.62. The molecule has 1 aliphatic rings. The molecule has 2 aromatic rings. The lowest BCUT2D eigenvalue weighted by Gasteiger charge is -2.10. The number of methoxy groups -OCH3 is 1. The fourth-order valence-electron chi connectivity index (χ4n) is 3.14. The fraction of sp³-hybridized carbons (Fsp3) is 0.500. The molecule has 1 aliphatic heterocycles. The van der Waals surface area contributed by atoms with E-state index in [1.807, 2.05) is 26.2 Å². The minimum absolute atomic E-state index is 0.0961. The molecule has 1 fully saturated rings. The van der Waals surface area contributed by atoms with Crippen LogP contribution in [0.2, 0.25) is 0 Å². The molecule has 0 radical (unpaired) electrons. The summed E-state index contributed by atoms with van der Waals surface area (Å²) in [5, 5.41) is 0.943. The summed E-state index contributed by atoms with van der Waals surface area (Å²) in [6.07, 6.45) is 2.81. The van der Waals surface area contributed by atoms with Crippen molar-refractivity contribution in [2.75, 3.05) is 46.0 Å². The van der Waals surface area contributed by atoms with Crippen molar-refractivity contribution in [3.8, 4) is 5.75 Å². The van der Waals surface area contributed by atoms with Crippen LogP contribution in [0.4, 0.5) is 4.79 Å². The van der Waals surface area contributed by atoms with Crippen molar-refractivity contribution in [2.45, 2.75) is 12.8 Å². The number of carbonyl (C=O) groups excluding carboxylic acids is 2. The molecule has 0 saturated carbocycles. The number of likely N-dealkylation sites (N-methyl/N-ethyl adjacent to an activating group) is 1. The zero-order valence-electron chi connectivity index (χ0n) is 16.5. The van der Waals surface area contributed by atoms with Gasteiger partial charge < -0.3 is 19.1 Å². The Kier molecular flexibility index (Phi) is 6.85. The first-order valence-corrected chi connectivity index (χ1v) is 10.4. The van der Waals surface area contributed by atoms with Gasteiger partial charge in [-0.2, -0.15) is 11.8 Å². The molecule has 1 aromatic heterocycles. The second kappa shape index (κ2) is 9.34. The van der Waals surface area contributed by atoms with E-state index in [4.69, 9.17) is 14.2 Å². The summed E-state index contributed by atoms with van der Waals surface area (Å²) >= 11 is 1.73. The van der Waals surface area contributed by atoms with Gasteiger partial charge in [0.1, 0.15) is 5.75 Å². The van der Waals surface area contributed by atoms with E-state index in [2.05, 4.69) is 4.90 Å². The number of esters is 1. The van der Waals surface area contributed by atoms with Crippen molar-refractivity contribution >= 4 is 34.7 Å². The number of rotatable bonds is 7. The summed E-state index contributed by atoms with van der Waals surface area (Å²) in [5.74, 6) is 2.07. The highest BCUT2D eigenvalue weighted by Crippen LogP contribution is 2.27. The normalized spacial score (nSPS) is 16.5. The molecular weight excluding hydrogens is 380 g/mol. The highest BCUT2D eigenvalue weighted by Gasteiger charge is 2.25. The van der Waals surface area contributed by atoms with Gasteiger partial charge in [-0.05, 0) is 56.5 Å². The van der Waals surface area contributed by atoms with E-state index >= 15 is 0 Å². The van der Waals surface area contributed by atoms with Crippen LogP contribution in [0.25, 0.3) is 10.9 Å². The lowest BCUT2D eigenvalue weighted by Crippen LogP contribution is -2.21. The van der Waals surface area contributed by atoms with Crippen molar-refractivity contribution in [1.82, 2.24) is 9.47 Å². The summed E-state index contributed by atoms with van der Waals surface area (Å²) in [4.78, 5) is 26.6. The Morgan fingerprint density at radius 3 is 2.79 bits per heavy atom. The average Bonchev–Trinajstić information content (AvgIpc) is 3.34. The Hall–Kier alpha value is -2.19. The number of benzene rings is 1. The monoisotopic (exact) mass is 406 g/mol. The molecule has 152 valence electrons. The molecular formula is C20H26N2O5S. The third kappa shape index (κ3) is 4.80. The third-order valence-electron chi connectivity index (χ3n) is 4.77. The Morgan fingerprint density at radius 2 is 2.11 bits per heavy atom. The Labute approximate surface area is 168 Å². The Morgan fingerprint density at radius 1 is 1.29 bits per heavy atom. The lowest BCUT2D eigenvalue weighted by molar-refractivity contribution is -0.155. The zero-order chi connectivity index (χ0) is 20.1. The van der Waals surface area contributed by atoms with Gasteiger partial charge in [0, 0.05) is 23.9 Å². The van der Waals surface area contributed by atoms with E-state index < -0.39 is 6.09 Å². The summed E-state index contributed by atoms with van der Waals surface area (Å²) in [6, 6.07) is 5.55. The smallest absolute Gasteiger partial charge is 0.421 e. The van der Waals surface area contributed by atoms with E-state index in [0.717, 1.165) is 53.1 Å². The summed E-state index contributed by atoms with van der Waals surface area (Å²) < 4.78 is 17.1. The first-order valence-electron chi connectivity index (χ1n) is 9.24. The molecule has 8 heteroatoms. The first-order chi connectivity index (χ1) is 13.5. The third-order valence-corrected chi connectivity index (χ3v) is 5.93. The summed E-state index contributed by atoms with van der Waals surface area (Å²) in [5.41, 5.74) is 1.76. The number of fused-ring (bicyclic) bond motifs is 1. The SMILES string of the molecule is COc1ccc2c(c1)c(CCN(C)C)cn2C(=O)OCOC(=O)[C@H]1CCSC1. The fourth-order valence-corrected chi connectivity index (χ4v) is 4.35. The maximum Gasteiger partial charge on any atom is 0.421 e. The lowest BCUT2D eigenvalue weighted by atomic mass is 10.1. The maximum absolute atomic E-state index is 12.6. The molecule has 0 aliphatic carbocycles. The predicted octanol–water partition coefficient (Wildman–Crippen LogP) is 2.99. The van der Waals surface area contributed by atoms with E-state index in [9.17, 15) is 9.59 Å². The first kappa shape index (κ1) is 20.5. The van der Waals surface area contributed by atoms with Crippen LogP contribution in [0.3, 0.4) is 0 Å². The van der Waals surface area contributed by atoms with Crippen molar-refractivity contribution in [1.29, 1.82) is 0 Å². The van der Waals surface area contributed by atoms with E-state index in [1.54, 1.807) is 31.1 Å². The van der Waals surface area contributed by atoms with Gasteiger partial charge in [-0.3, -0.25) is 9.36 Å². The molecule has 3 rings (SSSR count). The van der Waals surface area contributed by atoms with Crippen LogP contribution < -0.4 is 4.74 Å². The molecule has 1 saturated heterocycles. The summed E-state index contributed by atoms with van der Waals surface area (Å²) in [6.45, 7) is 0.476. The molecule has 0 amide bonds. The van der Waals surface area contributed by atoms with Crippen LogP contribution in [-0.4, -0.2) is 67.6 Å². The molecule has 7 nitrogen and oxygen atoms in total. The molecule has 1 aromatic carbocycles. The number of nitrogens with zero attached hydrogens (tertiary/aromatic N) is 2. The number of carbonyl (C=O) groups is 2. The van der Waals surface area contributed by atoms with Crippen molar-refractivity contribution in [3.05, 3.63) is 30.0 Å². The van der Waals surface area contributed by atoms with Gasteiger partial charge in [0.2, 0.25) is 6.79 Å². The number of ether oxygens (including phenoxy) is 3.